The van der Waals surface area contributed by atoms with Crippen molar-refractivity contribution in [2.45, 2.75) is 52.0 Å². The third-order valence-electron chi connectivity index (χ3n) is 5.63. The van der Waals surface area contributed by atoms with E-state index in [1.165, 1.54) is 25.7 Å². The molecule has 146 valence electrons. The van der Waals surface area contributed by atoms with E-state index in [0.717, 1.165) is 6.54 Å². The minimum absolute atomic E-state index is 0.111. The third kappa shape index (κ3) is 3.44. The average molecular weight is 372 g/mol. The summed E-state index contributed by atoms with van der Waals surface area (Å²) in [7, 11) is 0. The van der Waals surface area contributed by atoms with Crippen molar-refractivity contribution in [1.82, 2.24) is 24.6 Å². The third-order valence-corrected chi connectivity index (χ3v) is 5.63. The molecular weight excluding hydrogens is 344 g/mol. The van der Waals surface area contributed by atoms with Crippen molar-refractivity contribution in [3.8, 4) is 0 Å². The monoisotopic (exact) mass is 372 g/mol. The van der Waals surface area contributed by atoms with Crippen LogP contribution in [0.4, 0.5) is 5.95 Å². The smallest absolute Gasteiger partial charge is 0.263 e. The van der Waals surface area contributed by atoms with Crippen LogP contribution in [0, 0.1) is 5.92 Å². The van der Waals surface area contributed by atoms with Crippen molar-refractivity contribution < 1.29 is 4.79 Å². The Kier molecular flexibility index (Phi) is 4.44. The predicted molar refractivity (Wildman–Crippen MR) is 104 cm³/mol. The minimum atomic E-state index is -0.282. The normalized spacial score (nSPS) is 19.4. The van der Waals surface area contributed by atoms with Crippen LogP contribution >= 0.6 is 0 Å². The van der Waals surface area contributed by atoms with E-state index < -0.39 is 0 Å². The Morgan fingerprint density at radius 1 is 1.19 bits per heavy atom. The number of hydrogen-bond acceptors (Lipinski definition) is 5. The van der Waals surface area contributed by atoms with Gasteiger partial charge in [-0.1, -0.05) is 12.8 Å². The fourth-order valence-corrected chi connectivity index (χ4v) is 4.13. The Morgan fingerprint density at radius 2 is 1.93 bits per heavy atom. The number of nitrogens with zero attached hydrogens (tertiary/aromatic N) is 5. The van der Waals surface area contributed by atoms with Gasteiger partial charge in [-0.2, -0.15) is 10.1 Å². The Labute approximate surface area is 158 Å². The lowest BCUT2D eigenvalue weighted by molar-refractivity contribution is -0.131. The molecule has 2 aromatic heterocycles. The first-order valence-electron chi connectivity index (χ1n) is 9.84. The number of carbonyl (C=O) groups is 1. The molecule has 0 aromatic carbocycles. The van der Waals surface area contributed by atoms with Crippen molar-refractivity contribution in [3.05, 3.63) is 16.6 Å². The number of fused-ring (bicyclic) bond motifs is 1. The van der Waals surface area contributed by atoms with E-state index in [9.17, 15) is 9.59 Å². The lowest BCUT2D eigenvalue weighted by atomic mass is 10.1. The molecule has 3 heterocycles. The highest BCUT2D eigenvalue weighted by molar-refractivity contribution is 5.83. The zero-order chi connectivity index (χ0) is 19.2. The summed E-state index contributed by atoms with van der Waals surface area (Å²) in [5.41, 5.74) is 0.0590. The van der Waals surface area contributed by atoms with Gasteiger partial charge >= 0.3 is 0 Å². The molecule has 2 aromatic rings. The van der Waals surface area contributed by atoms with E-state index in [1.54, 1.807) is 10.9 Å². The predicted octanol–water partition coefficient (Wildman–Crippen LogP) is 1.71. The molecule has 1 saturated carbocycles. The first kappa shape index (κ1) is 18.0. The molecule has 0 unspecified atom stereocenters. The molecule has 0 bridgehead atoms. The number of nitrogens with one attached hydrogen (secondary N) is 1. The first-order chi connectivity index (χ1) is 12.8. The van der Waals surface area contributed by atoms with Crippen LogP contribution in [0.2, 0.25) is 0 Å². The van der Waals surface area contributed by atoms with Crippen molar-refractivity contribution in [2.24, 2.45) is 5.92 Å². The van der Waals surface area contributed by atoms with E-state index in [4.69, 9.17) is 0 Å². The Bertz CT molecular complexity index is 903. The molecule has 2 aliphatic rings. The van der Waals surface area contributed by atoms with Gasteiger partial charge in [-0.15, -0.1) is 0 Å². The van der Waals surface area contributed by atoms with Crippen molar-refractivity contribution in [2.75, 3.05) is 31.1 Å². The molecule has 1 aliphatic carbocycles. The number of piperazine rings is 1. The molecule has 1 aliphatic heterocycles. The van der Waals surface area contributed by atoms with Gasteiger partial charge in [0.2, 0.25) is 11.9 Å². The zero-order valence-corrected chi connectivity index (χ0v) is 16.4. The second-order valence-electron chi connectivity index (χ2n) is 8.77. The maximum absolute atomic E-state index is 12.6. The van der Waals surface area contributed by atoms with Gasteiger partial charge in [0.15, 0.2) is 5.65 Å². The van der Waals surface area contributed by atoms with Gasteiger partial charge in [0, 0.05) is 19.6 Å². The molecule has 4 rings (SSSR count). The van der Waals surface area contributed by atoms with Crippen molar-refractivity contribution >= 4 is 22.9 Å². The van der Waals surface area contributed by atoms with Gasteiger partial charge in [0.25, 0.3) is 5.56 Å². The van der Waals surface area contributed by atoms with Crippen LogP contribution in [-0.4, -0.2) is 56.7 Å². The van der Waals surface area contributed by atoms with Gasteiger partial charge in [-0.3, -0.25) is 14.6 Å². The second kappa shape index (κ2) is 6.65. The molecule has 1 saturated heterocycles. The average Bonchev–Trinajstić information content (AvgIpc) is 3.25. The summed E-state index contributed by atoms with van der Waals surface area (Å²) in [4.78, 5) is 36.4. The van der Waals surface area contributed by atoms with Gasteiger partial charge in [0.05, 0.1) is 18.3 Å². The number of carbonyl (C=O) groups excluding carboxylic acids is 1. The number of aromatic nitrogens is 4. The van der Waals surface area contributed by atoms with Crippen molar-refractivity contribution in [3.63, 3.8) is 0 Å². The summed E-state index contributed by atoms with van der Waals surface area (Å²) >= 11 is 0. The molecular formula is C19H28N6O2. The lowest BCUT2D eigenvalue weighted by Crippen LogP contribution is -2.52. The van der Waals surface area contributed by atoms with E-state index in [0.29, 0.717) is 36.0 Å². The fraction of sp³-hybridized carbons (Fsp3) is 0.684. The number of aromatic amines is 1. The molecule has 2 fully saturated rings. The fourth-order valence-electron chi connectivity index (χ4n) is 4.13. The quantitative estimate of drug-likeness (QED) is 0.886. The highest BCUT2D eigenvalue weighted by Crippen LogP contribution is 2.26. The highest BCUT2D eigenvalue weighted by atomic mass is 16.2. The summed E-state index contributed by atoms with van der Waals surface area (Å²) in [6, 6.07) is 0. The Balaban J connectivity index is 1.56. The van der Waals surface area contributed by atoms with E-state index >= 15 is 0 Å². The summed E-state index contributed by atoms with van der Waals surface area (Å²) in [5.74, 6) is 1.21. The van der Waals surface area contributed by atoms with Crippen LogP contribution in [0.1, 0.15) is 46.5 Å². The van der Waals surface area contributed by atoms with Crippen LogP contribution in [0.5, 0.6) is 0 Å². The second-order valence-corrected chi connectivity index (χ2v) is 8.77. The highest BCUT2D eigenvalue weighted by Gasteiger charge is 2.29. The van der Waals surface area contributed by atoms with Crippen LogP contribution in [0.25, 0.3) is 11.0 Å². The van der Waals surface area contributed by atoms with Gasteiger partial charge in [0.1, 0.15) is 5.39 Å². The maximum Gasteiger partial charge on any atom is 0.263 e. The number of rotatable bonds is 3. The van der Waals surface area contributed by atoms with E-state index in [2.05, 4.69) is 15.1 Å². The first-order valence-corrected chi connectivity index (χ1v) is 9.84. The van der Waals surface area contributed by atoms with Crippen LogP contribution in [0.15, 0.2) is 11.0 Å². The summed E-state index contributed by atoms with van der Waals surface area (Å²) in [5, 5.41) is 4.81. The number of hydrogen-bond donors (Lipinski definition) is 1. The SMILES string of the molecule is CC(C)(C)n1ncc2c(=O)[nH]c(N3CCN(CC4CCCC4)C(=O)C3)nc21. The Morgan fingerprint density at radius 3 is 2.59 bits per heavy atom. The zero-order valence-electron chi connectivity index (χ0n) is 16.4. The van der Waals surface area contributed by atoms with Crippen LogP contribution in [-0.2, 0) is 10.3 Å². The molecule has 27 heavy (non-hydrogen) atoms. The molecule has 8 nitrogen and oxygen atoms in total. The van der Waals surface area contributed by atoms with Gasteiger partial charge in [-0.25, -0.2) is 4.68 Å². The van der Waals surface area contributed by atoms with Gasteiger partial charge in [-0.05, 0) is 39.5 Å². The van der Waals surface area contributed by atoms with Crippen LogP contribution in [0.3, 0.4) is 0 Å². The van der Waals surface area contributed by atoms with E-state index in [1.807, 2.05) is 30.6 Å². The molecule has 1 amide bonds. The summed E-state index contributed by atoms with van der Waals surface area (Å²) < 4.78 is 1.76. The molecule has 0 radical (unpaired) electrons. The van der Waals surface area contributed by atoms with Crippen molar-refractivity contribution in [1.29, 1.82) is 0 Å². The largest absolute Gasteiger partial charge is 0.339 e. The van der Waals surface area contributed by atoms with Crippen LogP contribution < -0.4 is 10.5 Å². The standard InChI is InChI=1S/C19H28N6O2/c1-19(2,3)25-16-14(10-20-25)17(27)22-18(21-16)24-9-8-23(15(26)12-24)11-13-6-4-5-7-13/h10,13H,4-9,11-12H2,1-3H3,(H,21,22,27). The lowest BCUT2D eigenvalue weighted by Gasteiger charge is -2.35. The summed E-state index contributed by atoms with van der Waals surface area (Å²) in [6.07, 6.45) is 6.59. The molecule has 8 heteroatoms. The number of anilines is 1. The number of H-pyrrole nitrogens is 1. The molecule has 0 atom stereocenters. The Hall–Kier alpha value is -2.38. The molecule has 1 N–H and O–H groups in total. The molecule has 0 spiro atoms. The van der Waals surface area contributed by atoms with Gasteiger partial charge < -0.3 is 9.80 Å². The summed E-state index contributed by atoms with van der Waals surface area (Å²) in [6.45, 7) is 8.54. The van der Waals surface area contributed by atoms with E-state index in [-0.39, 0.29) is 23.6 Å². The topological polar surface area (TPSA) is 87.1 Å². The minimum Gasteiger partial charge on any atom is -0.339 e. The number of amides is 1. The maximum atomic E-state index is 12.6.